The van der Waals surface area contributed by atoms with Crippen LogP contribution in [-0.4, -0.2) is 36.6 Å². The average Bonchev–Trinajstić information content (AvgIpc) is 3.16. The van der Waals surface area contributed by atoms with E-state index in [1.807, 2.05) is 48.7 Å². The van der Waals surface area contributed by atoms with E-state index in [0.717, 1.165) is 26.9 Å². The summed E-state index contributed by atoms with van der Waals surface area (Å²) in [6, 6.07) is 22.2. The third kappa shape index (κ3) is 5.48. The Morgan fingerprint density at radius 3 is 2.50 bits per heavy atom. The molecule has 0 spiro atoms. The standard InChI is InChI=1S/C26H24ClN5O3S/c1-19-15-21(20(2)32(19)23-10-8-9-22(27)16-23)17-29-30-26(33)18-31(25-13-6-7-14-28-25)36(34,35)24-11-4-3-5-12-24/h3-17H,18H2,1-2H3,(H,30,33)/b29-17+. The molecule has 0 saturated carbocycles. The minimum atomic E-state index is -4.03. The van der Waals surface area contributed by atoms with Gasteiger partial charge in [0, 0.05) is 33.9 Å². The molecule has 0 unspecified atom stereocenters. The summed E-state index contributed by atoms with van der Waals surface area (Å²) in [5.41, 5.74) is 6.02. The first kappa shape index (κ1) is 25.2. The van der Waals surface area contributed by atoms with Crippen molar-refractivity contribution >= 4 is 39.6 Å². The molecule has 2 aromatic heterocycles. The largest absolute Gasteiger partial charge is 0.318 e. The summed E-state index contributed by atoms with van der Waals surface area (Å²) in [4.78, 5) is 16.9. The van der Waals surface area contributed by atoms with E-state index >= 15 is 0 Å². The van der Waals surface area contributed by atoms with Gasteiger partial charge in [-0.25, -0.2) is 23.1 Å². The second-order valence-electron chi connectivity index (χ2n) is 7.95. The van der Waals surface area contributed by atoms with Crippen molar-refractivity contribution in [2.24, 2.45) is 5.10 Å². The number of hydrogen-bond acceptors (Lipinski definition) is 5. The van der Waals surface area contributed by atoms with E-state index < -0.39 is 22.5 Å². The summed E-state index contributed by atoms with van der Waals surface area (Å²) in [6.07, 6.45) is 2.99. The first-order valence-electron chi connectivity index (χ1n) is 11.0. The molecule has 36 heavy (non-hydrogen) atoms. The Hall–Kier alpha value is -3.95. The lowest BCUT2D eigenvalue weighted by molar-refractivity contribution is -0.119. The maximum absolute atomic E-state index is 13.3. The second kappa shape index (κ2) is 10.8. The minimum absolute atomic E-state index is 0.0559. The first-order chi connectivity index (χ1) is 17.3. The molecule has 2 aromatic carbocycles. The van der Waals surface area contributed by atoms with Gasteiger partial charge in [0.2, 0.25) is 0 Å². The molecule has 1 amide bonds. The third-order valence-electron chi connectivity index (χ3n) is 5.45. The number of pyridine rings is 1. The van der Waals surface area contributed by atoms with E-state index in [1.54, 1.807) is 30.3 Å². The zero-order valence-corrected chi connectivity index (χ0v) is 21.2. The molecule has 0 saturated heterocycles. The molecule has 0 fully saturated rings. The lowest BCUT2D eigenvalue weighted by atomic mass is 10.2. The number of aryl methyl sites for hydroxylation is 1. The summed E-state index contributed by atoms with van der Waals surface area (Å²) in [5.74, 6) is -0.481. The predicted octanol–water partition coefficient (Wildman–Crippen LogP) is 4.49. The van der Waals surface area contributed by atoms with Crippen LogP contribution in [0.4, 0.5) is 5.82 Å². The number of aromatic nitrogens is 2. The predicted molar refractivity (Wildman–Crippen MR) is 141 cm³/mol. The number of amides is 1. The van der Waals surface area contributed by atoms with Gasteiger partial charge in [-0.05, 0) is 62.4 Å². The van der Waals surface area contributed by atoms with Crippen LogP contribution in [0.3, 0.4) is 0 Å². The number of nitrogens with zero attached hydrogens (tertiary/aromatic N) is 4. The highest BCUT2D eigenvalue weighted by Gasteiger charge is 2.27. The summed E-state index contributed by atoms with van der Waals surface area (Å²) >= 11 is 6.14. The van der Waals surface area contributed by atoms with Gasteiger partial charge in [0.15, 0.2) is 0 Å². The monoisotopic (exact) mass is 521 g/mol. The van der Waals surface area contributed by atoms with Gasteiger partial charge in [-0.15, -0.1) is 0 Å². The van der Waals surface area contributed by atoms with Gasteiger partial charge in [0.05, 0.1) is 11.1 Å². The van der Waals surface area contributed by atoms with Crippen molar-refractivity contribution in [3.8, 4) is 5.69 Å². The van der Waals surface area contributed by atoms with Gasteiger partial charge in [-0.2, -0.15) is 5.10 Å². The Morgan fingerprint density at radius 1 is 1.06 bits per heavy atom. The van der Waals surface area contributed by atoms with Gasteiger partial charge in [-0.3, -0.25) is 4.79 Å². The van der Waals surface area contributed by atoms with Crippen molar-refractivity contribution in [3.63, 3.8) is 0 Å². The smallest absolute Gasteiger partial charge is 0.265 e. The molecule has 0 bridgehead atoms. The number of hydrazone groups is 1. The van der Waals surface area contributed by atoms with Crippen LogP contribution in [0.5, 0.6) is 0 Å². The molecule has 184 valence electrons. The van der Waals surface area contributed by atoms with Crippen molar-refractivity contribution in [1.29, 1.82) is 0 Å². The number of hydrogen-bond donors (Lipinski definition) is 1. The number of halogens is 1. The van der Waals surface area contributed by atoms with Crippen molar-refractivity contribution in [3.05, 3.63) is 107 Å². The maximum atomic E-state index is 13.3. The molecule has 4 rings (SSSR count). The van der Waals surface area contributed by atoms with E-state index in [0.29, 0.717) is 5.02 Å². The number of anilines is 1. The van der Waals surface area contributed by atoms with E-state index in [2.05, 4.69) is 15.5 Å². The Balaban J connectivity index is 1.53. The number of nitrogens with one attached hydrogen (secondary N) is 1. The zero-order valence-electron chi connectivity index (χ0n) is 19.7. The maximum Gasteiger partial charge on any atom is 0.265 e. The fourth-order valence-electron chi connectivity index (χ4n) is 3.78. The van der Waals surface area contributed by atoms with Crippen LogP contribution >= 0.6 is 11.6 Å². The summed E-state index contributed by atoms with van der Waals surface area (Å²) < 4.78 is 29.5. The van der Waals surface area contributed by atoms with Crippen LogP contribution in [0.1, 0.15) is 17.0 Å². The SMILES string of the molecule is Cc1cc(/C=N/NC(=O)CN(c2ccccn2)S(=O)(=O)c2ccccc2)c(C)n1-c1cccc(Cl)c1. The number of sulfonamides is 1. The molecule has 10 heteroatoms. The van der Waals surface area contributed by atoms with Crippen LogP contribution in [0.2, 0.25) is 5.02 Å². The summed E-state index contributed by atoms with van der Waals surface area (Å²) in [5, 5.41) is 4.69. The van der Waals surface area contributed by atoms with Crippen LogP contribution in [-0.2, 0) is 14.8 Å². The van der Waals surface area contributed by atoms with E-state index in [4.69, 9.17) is 11.6 Å². The minimum Gasteiger partial charge on any atom is -0.318 e. The molecule has 4 aromatic rings. The lowest BCUT2D eigenvalue weighted by Gasteiger charge is -2.22. The molecule has 0 aliphatic carbocycles. The fourth-order valence-corrected chi connectivity index (χ4v) is 5.36. The normalized spacial score (nSPS) is 11.5. The molecular formula is C26H24ClN5O3S. The van der Waals surface area contributed by atoms with E-state index in [9.17, 15) is 13.2 Å². The molecule has 8 nitrogen and oxygen atoms in total. The van der Waals surface area contributed by atoms with E-state index in [1.165, 1.54) is 30.6 Å². The van der Waals surface area contributed by atoms with Gasteiger partial charge in [-0.1, -0.05) is 41.9 Å². The van der Waals surface area contributed by atoms with Crippen LogP contribution in [0, 0.1) is 13.8 Å². The van der Waals surface area contributed by atoms with Crippen molar-refractivity contribution in [1.82, 2.24) is 15.0 Å². The van der Waals surface area contributed by atoms with Crippen molar-refractivity contribution < 1.29 is 13.2 Å². The molecule has 0 atom stereocenters. The average molecular weight is 522 g/mol. The summed E-state index contributed by atoms with van der Waals surface area (Å²) in [7, 11) is -4.03. The number of benzene rings is 2. The molecule has 0 radical (unpaired) electrons. The highest BCUT2D eigenvalue weighted by molar-refractivity contribution is 7.92. The summed E-state index contributed by atoms with van der Waals surface area (Å²) in [6.45, 7) is 3.41. The number of carbonyl (C=O) groups excluding carboxylic acids is 1. The quantitative estimate of drug-likeness (QED) is 0.273. The van der Waals surface area contributed by atoms with E-state index in [-0.39, 0.29) is 10.7 Å². The molecular weight excluding hydrogens is 498 g/mol. The van der Waals surface area contributed by atoms with Crippen LogP contribution in [0.15, 0.2) is 95.1 Å². The number of carbonyl (C=O) groups is 1. The lowest BCUT2D eigenvalue weighted by Crippen LogP contribution is -2.40. The molecule has 1 N–H and O–H groups in total. The molecule has 0 aliphatic rings. The third-order valence-corrected chi connectivity index (χ3v) is 7.45. The van der Waals surface area contributed by atoms with Crippen molar-refractivity contribution in [2.75, 3.05) is 10.8 Å². The van der Waals surface area contributed by atoms with Gasteiger partial charge in [0.1, 0.15) is 12.4 Å². The topological polar surface area (TPSA) is 96.7 Å². The van der Waals surface area contributed by atoms with Gasteiger partial charge < -0.3 is 4.57 Å². The Kier molecular flexibility index (Phi) is 7.52. The second-order valence-corrected chi connectivity index (χ2v) is 10.2. The Labute approximate surface area is 214 Å². The highest BCUT2D eigenvalue weighted by Crippen LogP contribution is 2.23. The molecule has 2 heterocycles. The van der Waals surface area contributed by atoms with Gasteiger partial charge >= 0.3 is 0 Å². The Morgan fingerprint density at radius 2 is 1.81 bits per heavy atom. The van der Waals surface area contributed by atoms with Crippen molar-refractivity contribution in [2.45, 2.75) is 18.7 Å². The fraction of sp³-hybridized carbons (Fsp3) is 0.115. The van der Waals surface area contributed by atoms with Gasteiger partial charge in [0.25, 0.3) is 15.9 Å². The first-order valence-corrected chi connectivity index (χ1v) is 12.8. The zero-order chi connectivity index (χ0) is 25.7. The molecule has 0 aliphatic heterocycles. The highest BCUT2D eigenvalue weighted by atomic mass is 35.5. The number of rotatable bonds is 8. The van der Waals surface area contributed by atoms with Crippen LogP contribution < -0.4 is 9.73 Å². The Bertz CT molecular complexity index is 1500. The van der Waals surface area contributed by atoms with Crippen LogP contribution in [0.25, 0.3) is 5.69 Å².